The van der Waals surface area contributed by atoms with E-state index in [-0.39, 0.29) is 27.9 Å². The zero-order valence-electron chi connectivity index (χ0n) is 22.2. The van der Waals surface area contributed by atoms with E-state index in [2.05, 4.69) is 15.5 Å². The molecule has 1 heterocycles. The molecule has 0 bridgehead atoms. The summed E-state index contributed by atoms with van der Waals surface area (Å²) < 4.78 is 58.1. The van der Waals surface area contributed by atoms with E-state index < -0.39 is 35.3 Å². The van der Waals surface area contributed by atoms with Crippen LogP contribution in [0.2, 0.25) is 10.0 Å². The summed E-state index contributed by atoms with van der Waals surface area (Å²) in [6.45, 7) is 1.61. The minimum Gasteiger partial charge on any atom is -0.506 e. The number of carbonyl (C=O) groups excluding carboxylic acids is 1. The number of phenolic OH excluding ortho intramolecular Hbond substituents is 1. The number of nitrogens with zero attached hydrogens (tertiary/aromatic N) is 2. The molecule has 0 aliphatic carbocycles. The standard InChI is InChI=1S/C31H21Cl2F4N3O3/c1-16-38-30(43-40-16)27(12-17-3-2-4-19(11-17)20-7-10-26(34)24(32)14-20)39-29(42)23-13-21(15-25(33)28(23)41)18-5-8-22(9-6-18)31(35,36)37/h2-11,13-15,27,41H,12H2,1H3,(H,39,42)/t27-/m1/s1. The number of rotatable bonds is 7. The Balaban J connectivity index is 1.45. The predicted molar refractivity (Wildman–Crippen MR) is 153 cm³/mol. The highest BCUT2D eigenvalue weighted by Crippen LogP contribution is 2.36. The van der Waals surface area contributed by atoms with Crippen LogP contribution in [-0.2, 0) is 12.6 Å². The molecule has 6 nitrogen and oxygen atoms in total. The van der Waals surface area contributed by atoms with Gasteiger partial charge >= 0.3 is 6.18 Å². The highest BCUT2D eigenvalue weighted by atomic mass is 35.5. The average Bonchev–Trinajstić information content (AvgIpc) is 3.41. The van der Waals surface area contributed by atoms with Gasteiger partial charge < -0.3 is 14.9 Å². The molecule has 0 saturated carbocycles. The van der Waals surface area contributed by atoms with Crippen molar-refractivity contribution >= 4 is 29.1 Å². The normalized spacial score (nSPS) is 12.3. The molecule has 0 aliphatic heterocycles. The van der Waals surface area contributed by atoms with Crippen LogP contribution in [0.4, 0.5) is 17.6 Å². The number of nitrogens with one attached hydrogen (secondary N) is 1. The van der Waals surface area contributed by atoms with Crippen molar-refractivity contribution < 1.29 is 32.0 Å². The second-order valence-corrected chi connectivity index (χ2v) is 10.5. The minimum absolute atomic E-state index is 0.0219. The van der Waals surface area contributed by atoms with Crippen LogP contribution in [0.15, 0.2) is 83.4 Å². The number of hydrogen-bond acceptors (Lipinski definition) is 5. The Labute approximate surface area is 252 Å². The number of carbonyl (C=O) groups is 1. The Morgan fingerprint density at radius 2 is 1.60 bits per heavy atom. The van der Waals surface area contributed by atoms with Gasteiger partial charge in [0.05, 0.1) is 21.2 Å². The summed E-state index contributed by atoms with van der Waals surface area (Å²) >= 11 is 12.2. The largest absolute Gasteiger partial charge is 0.506 e. The lowest BCUT2D eigenvalue weighted by Gasteiger charge is -2.17. The SMILES string of the molecule is Cc1noc([C@@H](Cc2cccc(-c3ccc(F)c(Cl)c3)c2)NC(=O)c2cc(-c3ccc(C(F)(F)F)cc3)cc(Cl)c2O)n1. The van der Waals surface area contributed by atoms with Crippen molar-refractivity contribution in [2.75, 3.05) is 0 Å². The van der Waals surface area contributed by atoms with E-state index in [1.54, 1.807) is 19.1 Å². The molecular weight excluding hydrogens is 609 g/mol. The van der Waals surface area contributed by atoms with Gasteiger partial charge in [0.25, 0.3) is 5.91 Å². The summed E-state index contributed by atoms with van der Waals surface area (Å²) in [5.74, 6) is -1.35. The second kappa shape index (κ2) is 12.1. The molecule has 0 saturated heterocycles. The number of amides is 1. The third-order valence-corrected chi connectivity index (χ3v) is 7.20. The summed E-state index contributed by atoms with van der Waals surface area (Å²) in [4.78, 5) is 17.8. The molecule has 0 spiro atoms. The van der Waals surface area contributed by atoms with Crippen molar-refractivity contribution in [3.05, 3.63) is 123 Å². The third kappa shape index (κ3) is 6.81. The van der Waals surface area contributed by atoms with Gasteiger partial charge in [-0.25, -0.2) is 4.39 Å². The van der Waals surface area contributed by atoms with Gasteiger partial charge in [0.1, 0.15) is 17.6 Å². The van der Waals surface area contributed by atoms with E-state index >= 15 is 0 Å². The topological polar surface area (TPSA) is 88.2 Å². The number of halogens is 6. The van der Waals surface area contributed by atoms with Gasteiger partial charge in [-0.2, -0.15) is 18.2 Å². The molecule has 0 fully saturated rings. The molecule has 2 N–H and O–H groups in total. The fourth-order valence-corrected chi connectivity index (χ4v) is 4.87. The molecule has 43 heavy (non-hydrogen) atoms. The Bertz CT molecular complexity index is 1810. The highest BCUT2D eigenvalue weighted by molar-refractivity contribution is 6.33. The maximum Gasteiger partial charge on any atom is 0.416 e. The first-order valence-corrected chi connectivity index (χ1v) is 13.5. The van der Waals surface area contributed by atoms with Gasteiger partial charge in [0, 0.05) is 6.42 Å². The van der Waals surface area contributed by atoms with Gasteiger partial charge in [0.2, 0.25) is 5.89 Å². The second-order valence-electron chi connectivity index (χ2n) is 9.67. The van der Waals surface area contributed by atoms with E-state index in [0.717, 1.165) is 23.3 Å². The number of phenols is 1. The predicted octanol–water partition coefficient (Wildman–Crippen LogP) is 8.60. The monoisotopic (exact) mass is 629 g/mol. The molecule has 1 atom stereocenters. The third-order valence-electron chi connectivity index (χ3n) is 6.62. The quantitative estimate of drug-likeness (QED) is 0.176. The zero-order chi connectivity index (χ0) is 30.9. The van der Waals surface area contributed by atoms with E-state index in [4.69, 9.17) is 27.7 Å². The molecule has 0 aliphatic rings. The van der Waals surface area contributed by atoms with Crippen molar-refractivity contribution in [2.24, 2.45) is 0 Å². The van der Waals surface area contributed by atoms with Crippen molar-refractivity contribution in [2.45, 2.75) is 25.6 Å². The van der Waals surface area contributed by atoms with Gasteiger partial charge in [-0.3, -0.25) is 4.79 Å². The first kappa shape index (κ1) is 30.1. The summed E-state index contributed by atoms with van der Waals surface area (Å²) in [7, 11) is 0. The van der Waals surface area contributed by atoms with Crippen molar-refractivity contribution in [1.82, 2.24) is 15.5 Å². The molecule has 5 rings (SSSR count). The molecule has 220 valence electrons. The van der Waals surface area contributed by atoms with E-state index in [1.807, 2.05) is 18.2 Å². The lowest BCUT2D eigenvalue weighted by molar-refractivity contribution is -0.137. The Kier molecular flexibility index (Phi) is 8.43. The minimum atomic E-state index is -4.51. The molecule has 0 radical (unpaired) electrons. The fourth-order valence-electron chi connectivity index (χ4n) is 4.47. The van der Waals surface area contributed by atoms with Crippen molar-refractivity contribution in [3.8, 4) is 28.0 Å². The number of aromatic nitrogens is 2. The van der Waals surface area contributed by atoms with Crippen molar-refractivity contribution in [3.63, 3.8) is 0 Å². The molecular formula is C31H21Cl2F4N3O3. The molecule has 4 aromatic carbocycles. The van der Waals surface area contributed by atoms with E-state index in [9.17, 15) is 27.5 Å². The van der Waals surface area contributed by atoms with Crippen LogP contribution in [0.1, 0.15) is 39.2 Å². The zero-order valence-corrected chi connectivity index (χ0v) is 23.7. The lowest BCUT2D eigenvalue weighted by Crippen LogP contribution is -2.30. The summed E-state index contributed by atoms with van der Waals surface area (Å²) in [5.41, 5.74) is 1.81. The molecule has 5 aromatic rings. The molecule has 1 amide bonds. The Hall–Kier alpha value is -4.41. The van der Waals surface area contributed by atoms with E-state index in [1.165, 1.54) is 36.4 Å². The Morgan fingerprint density at radius 3 is 2.26 bits per heavy atom. The molecule has 12 heteroatoms. The molecule has 0 unspecified atom stereocenters. The highest BCUT2D eigenvalue weighted by Gasteiger charge is 2.30. The van der Waals surface area contributed by atoms with Crippen molar-refractivity contribution in [1.29, 1.82) is 0 Å². The van der Waals surface area contributed by atoms with Crippen LogP contribution < -0.4 is 5.32 Å². The van der Waals surface area contributed by atoms with Crippen LogP contribution in [0.25, 0.3) is 22.3 Å². The van der Waals surface area contributed by atoms with Gasteiger partial charge in [0.15, 0.2) is 5.82 Å². The first-order chi connectivity index (χ1) is 20.4. The lowest BCUT2D eigenvalue weighted by atomic mass is 9.98. The maximum absolute atomic E-state index is 13.7. The first-order valence-electron chi connectivity index (χ1n) is 12.7. The fraction of sp³-hybridized carbons (Fsp3) is 0.129. The number of benzene rings is 4. The van der Waals surface area contributed by atoms with Crippen LogP contribution in [0.5, 0.6) is 5.75 Å². The summed E-state index contributed by atoms with van der Waals surface area (Å²) in [5, 5.41) is 17.1. The van der Waals surface area contributed by atoms with Gasteiger partial charge in [-0.15, -0.1) is 0 Å². The Morgan fingerprint density at radius 1 is 0.930 bits per heavy atom. The number of alkyl halides is 3. The number of hydrogen-bond donors (Lipinski definition) is 2. The summed E-state index contributed by atoms with van der Waals surface area (Å²) in [6, 6.07) is 17.8. The summed E-state index contributed by atoms with van der Waals surface area (Å²) in [6.07, 6.45) is -4.33. The van der Waals surface area contributed by atoms with E-state index in [0.29, 0.717) is 22.5 Å². The van der Waals surface area contributed by atoms with Crippen LogP contribution in [-0.4, -0.2) is 21.2 Å². The van der Waals surface area contributed by atoms with Gasteiger partial charge in [-0.05, 0) is 71.1 Å². The number of aryl methyl sites for hydroxylation is 1. The number of aromatic hydroxyl groups is 1. The van der Waals surface area contributed by atoms with Crippen LogP contribution >= 0.6 is 23.2 Å². The maximum atomic E-state index is 13.7. The van der Waals surface area contributed by atoms with Crippen LogP contribution in [0, 0.1) is 12.7 Å². The smallest absolute Gasteiger partial charge is 0.416 e. The average molecular weight is 630 g/mol. The molecule has 1 aromatic heterocycles. The van der Waals surface area contributed by atoms with Crippen LogP contribution in [0.3, 0.4) is 0 Å². The van der Waals surface area contributed by atoms with Gasteiger partial charge in [-0.1, -0.05) is 70.8 Å².